The molecule has 2 atom stereocenters. The summed E-state index contributed by atoms with van der Waals surface area (Å²) in [6, 6.07) is 9.22. The molecule has 2 heterocycles. The molecule has 1 N–H and O–H groups in total. The molecule has 1 aliphatic carbocycles. The number of anilines is 1. The number of piperidine rings is 1. The van der Waals surface area contributed by atoms with E-state index < -0.39 is 0 Å². The average Bonchev–Trinajstić information content (AvgIpc) is 2.76. The number of benzene rings is 1. The van der Waals surface area contributed by atoms with Crippen LogP contribution in [-0.2, 0) is 5.41 Å². The molecule has 1 aromatic heterocycles. The van der Waals surface area contributed by atoms with E-state index in [9.17, 15) is 0 Å². The topological polar surface area (TPSA) is 15.3 Å². The SMILES string of the molecule is CN(C)c1ccc2cc(C34CNCC3C4)sc2c1.Cl.Cl. The summed E-state index contributed by atoms with van der Waals surface area (Å²) >= 11 is 2.00. The quantitative estimate of drug-likeness (QED) is 0.903. The Morgan fingerprint density at radius 2 is 2.05 bits per heavy atom. The highest BCUT2D eigenvalue weighted by Gasteiger charge is 2.58. The molecule has 5 heteroatoms. The van der Waals surface area contributed by atoms with Gasteiger partial charge in [0.25, 0.3) is 0 Å². The van der Waals surface area contributed by atoms with E-state index in [0.29, 0.717) is 5.41 Å². The summed E-state index contributed by atoms with van der Waals surface area (Å²) in [6.07, 6.45) is 1.40. The maximum absolute atomic E-state index is 3.53. The predicted molar refractivity (Wildman–Crippen MR) is 93.3 cm³/mol. The molecule has 110 valence electrons. The highest BCUT2D eigenvalue weighted by Crippen LogP contribution is 2.58. The number of nitrogens with one attached hydrogen (secondary N) is 1. The first kappa shape index (κ1) is 15.9. The predicted octanol–water partition coefficient (Wildman–Crippen LogP) is 3.67. The van der Waals surface area contributed by atoms with Crippen molar-refractivity contribution in [3.8, 4) is 0 Å². The highest BCUT2D eigenvalue weighted by atomic mass is 35.5. The lowest BCUT2D eigenvalue weighted by molar-refractivity contribution is 0.686. The zero-order chi connectivity index (χ0) is 12.3. The molecule has 1 saturated heterocycles. The van der Waals surface area contributed by atoms with Crippen molar-refractivity contribution >= 4 is 51.9 Å². The molecule has 0 radical (unpaired) electrons. The van der Waals surface area contributed by atoms with Gasteiger partial charge in [-0.05, 0) is 42.5 Å². The van der Waals surface area contributed by atoms with Crippen molar-refractivity contribution in [2.75, 3.05) is 32.1 Å². The van der Waals surface area contributed by atoms with Crippen LogP contribution in [0.3, 0.4) is 0 Å². The van der Waals surface area contributed by atoms with E-state index in [1.165, 1.54) is 35.3 Å². The van der Waals surface area contributed by atoms with Gasteiger partial charge in [0.2, 0.25) is 0 Å². The van der Waals surface area contributed by atoms with Crippen LogP contribution in [-0.4, -0.2) is 27.2 Å². The fourth-order valence-corrected chi connectivity index (χ4v) is 4.64. The van der Waals surface area contributed by atoms with Crippen LogP contribution in [0.4, 0.5) is 5.69 Å². The monoisotopic (exact) mass is 330 g/mol. The van der Waals surface area contributed by atoms with Crippen molar-refractivity contribution in [2.45, 2.75) is 11.8 Å². The lowest BCUT2D eigenvalue weighted by atomic mass is 10.0. The van der Waals surface area contributed by atoms with Gasteiger partial charge in [-0.15, -0.1) is 36.2 Å². The lowest BCUT2D eigenvalue weighted by Gasteiger charge is -2.11. The first-order valence-electron chi connectivity index (χ1n) is 6.61. The van der Waals surface area contributed by atoms with Crippen LogP contribution in [0.15, 0.2) is 24.3 Å². The summed E-state index contributed by atoms with van der Waals surface area (Å²) in [7, 11) is 4.21. The molecule has 2 aliphatic rings. The molecule has 1 saturated carbocycles. The summed E-state index contributed by atoms with van der Waals surface area (Å²) in [5.74, 6) is 0.902. The van der Waals surface area contributed by atoms with Gasteiger partial charge in [0.15, 0.2) is 0 Å². The Balaban J connectivity index is 0.000000735. The highest BCUT2D eigenvalue weighted by molar-refractivity contribution is 7.19. The number of rotatable bonds is 2. The third-order valence-corrected chi connectivity index (χ3v) is 5.89. The first-order valence-corrected chi connectivity index (χ1v) is 7.43. The third kappa shape index (κ3) is 2.21. The van der Waals surface area contributed by atoms with Crippen LogP contribution in [0, 0.1) is 5.92 Å². The van der Waals surface area contributed by atoms with Gasteiger partial charge < -0.3 is 10.2 Å². The van der Waals surface area contributed by atoms with E-state index in [1.807, 2.05) is 11.3 Å². The average molecular weight is 331 g/mol. The fourth-order valence-electron chi connectivity index (χ4n) is 3.27. The number of hydrogen-bond donors (Lipinski definition) is 1. The van der Waals surface area contributed by atoms with Crippen molar-refractivity contribution < 1.29 is 0 Å². The third-order valence-electron chi connectivity index (χ3n) is 4.57. The molecule has 1 aliphatic heterocycles. The fraction of sp³-hybridized carbons (Fsp3) is 0.467. The number of hydrogen-bond acceptors (Lipinski definition) is 3. The normalized spacial score (nSPS) is 26.6. The second kappa shape index (κ2) is 5.38. The van der Waals surface area contributed by atoms with Crippen LogP contribution >= 0.6 is 36.2 Å². The zero-order valence-electron chi connectivity index (χ0n) is 11.7. The van der Waals surface area contributed by atoms with Gasteiger partial charge in [-0.1, -0.05) is 6.07 Å². The van der Waals surface area contributed by atoms with Crippen LogP contribution < -0.4 is 10.2 Å². The second-order valence-corrected chi connectivity index (χ2v) is 7.00. The molecule has 0 bridgehead atoms. The smallest absolute Gasteiger partial charge is 0.0375 e. The summed E-state index contributed by atoms with van der Waals surface area (Å²) < 4.78 is 1.43. The summed E-state index contributed by atoms with van der Waals surface area (Å²) in [5, 5.41) is 4.94. The molecule has 4 rings (SSSR count). The number of nitrogens with zero attached hydrogens (tertiary/aromatic N) is 1. The van der Waals surface area contributed by atoms with Gasteiger partial charge in [-0.25, -0.2) is 0 Å². The van der Waals surface area contributed by atoms with Crippen LogP contribution in [0.1, 0.15) is 11.3 Å². The molecule has 0 amide bonds. The first-order chi connectivity index (χ1) is 8.69. The van der Waals surface area contributed by atoms with E-state index in [4.69, 9.17) is 0 Å². The second-order valence-electron chi connectivity index (χ2n) is 5.92. The van der Waals surface area contributed by atoms with Crippen molar-refractivity contribution in [2.24, 2.45) is 5.92 Å². The van der Waals surface area contributed by atoms with Gasteiger partial charge in [-0.2, -0.15) is 0 Å². The molecule has 1 aromatic carbocycles. The Morgan fingerprint density at radius 3 is 2.65 bits per heavy atom. The molecule has 2 aromatic rings. The Bertz CT molecular complexity index is 625. The summed E-state index contributed by atoms with van der Waals surface area (Å²) in [6.45, 7) is 2.40. The summed E-state index contributed by atoms with van der Waals surface area (Å²) in [4.78, 5) is 3.78. The molecule has 2 nitrogen and oxygen atoms in total. The van der Waals surface area contributed by atoms with E-state index in [-0.39, 0.29) is 24.8 Å². The Hall–Kier alpha value is -0.480. The van der Waals surface area contributed by atoms with Gasteiger partial charge in [0.1, 0.15) is 0 Å². The van der Waals surface area contributed by atoms with Crippen molar-refractivity contribution in [3.05, 3.63) is 29.1 Å². The number of thiophene rings is 1. The molecule has 2 unspecified atom stereocenters. The van der Waals surface area contributed by atoms with Crippen LogP contribution in [0.2, 0.25) is 0 Å². The van der Waals surface area contributed by atoms with Crippen LogP contribution in [0.5, 0.6) is 0 Å². The van der Waals surface area contributed by atoms with Gasteiger partial charge in [0, 0.05) is 41.3 Å². The van der Waals surface area contributed by atoms with E-state index in [1.54, 1.807) is 4.88 Å². The Morgan fingerprint density at radius 1 is 1.25 bits per heavy atom. The molecule has 20 heavy (non-hydrogen) atoms. The van der Waals surface area contributed by atoms with Gasteiger partial charge >= 0.3 is 0 Å². The maximum Gasteiger partial charge on any atom is 0.0375 e. The minimum atomic E-state index is 0. The molecule has 0 spiro atoms. The lowest BCUT2D eigenvalue weighted by Crippen LogP contribution is -2.18. The Kier molecular flexibility index (Phi) is 4.27. The standard InChI is InChI=1S/C15H18N2S.2ClH/c1-17(2)12-4-3-10-5-14(18-13(10)6-12)15-7-11(15)8-16-9-15;;/h3-6,11,16H,7-9H2,1-2H3;2*1H. The minimum Gasteiger partial charge on any atom is -0.378 e. The number of fused-ring (bicyclic) bond motifs is 2. The van der Waals surface area contributed by atoms with E-state index in [2.05, 4.69) is 48.6 Å². The zero-order valence-corrected chi connectivity index (χ0v) is 14.1. The summed E-state index contributed by atoms with van der Waals surface area (Å²) in [5.41, 5.74) is 1.80. The van der Waals surface area contributed by atoms with Crippen LogP contribution in [0.25, 0.3) is 10.1 Å². The Labute approximate surface area is 136 Å². The van der Waals surface area contributed by atoms with Gasteiger partial charge in [-0.3, -0.25) is 0 Å². The molecular formula is C15H20Cl2N2S. The minimum absolute atomic E-state index is 0. The molecular weight excluding hydrogens is 311 g/mol. The van der Waals surface area contributed by atoms with Crippen molar-refractivity contribution in [1.29, 1.82) is 0 Å². The molecule has 2 fully saturated rings. The van der Waals surface area contributed by atoms with E-state index >= 15 is 0 Å². The van der Waals surface area contributed by atoms with E-state index in [0.717, 1.165) is 5.92 Å². The maximum atomic E-state index is 3.53. The number of halogens is 2. The van der Waals surface area contributed by atoms with Crippen molar-refractivity contribution in [3.63, 3.8) is 0 Å². The van der Waals surface area contributed by atoms with Gasteiger partial charge in [0.05, 0.1) is 0 Å². The largest absolute Gasteiger partial charge is 0.378 e. The van der Waals surface area contributed by atoms with Crippen molar-refractivity contribution in [1.82, 2.24) is 5.32 Å².